The zero-order valence-electron chi connectivity index (χ0n) is 11.4. The van der Waals surface area contributed by atoms with Crippen LogP contribution in [0.2, 0.25) is 0 Å². The number of nitrogens with one attached hydrogen (secondary N) is 1. The predicted octanol–water partition coefficient (Wildman–Crippen LogP) is 4.07. The molecule has 0 aromatic heterocycles. The average molecular weight is 267 g/mol. The summed E-state index contributed by atoms with van der Waals surface area (Å²) in [6.45, 7) is 7.24. The second-order valence-corrected chi connectivity index (χ2v) is 6.91. The molecule has 0 aliphatic carbocycles. The third-order valence-electron chi connectivity index (χ3n) is 3.73. The molecule has 100 valence electrons. The Balaban J connectivity index is 2.37. The highest BCUT2D eigenvalue weighted by Gasteiger charge is 2.39. The molecule has 3 heteroatoms. The molecule has 0 amide bonds. The van der Waals surface area contributed by atoms with Gasteiger partial charge in [-0.1, -0.05) is 24.6 Å². The zero-order chi connectivity index (χ0) is 13.2. The van der Waals surface area contributed by atoms with Gasteiger partial charge in [-0.05, 0) is 45.1 Å². The van der Waals surface area contributed by atoms with Crippen molar-refractivity contribution >= 4 is 11.8 Å². The van der Waals surface area contributed by atoms with Crippen molar-refractivity contribution in [1.82, 2.24) is 5.32 Å². The normalized spacial score (nSPS) is 25.3. The monoisotopic (exact) mass is 267 g/mol. The van der Waals surface area contributed by atoms with Crippen LogP contribution >= 0.6 is 11.8 Å². The summed E-state index contributed by atoms with van der Waals surface area (Å²) >= 11 is 1.97. The van der Waals surface area contributed by atoms with Crippen molar-refractivity contribution < 1.29 is 4.39 Å². The Labute approximate surface area is 114 Å². The summed E-state index contributed by atoms with van der Waals surface area (Å²) in [5, 5.41) is 3.49. The standard InChI is InChI=1S/C15H22FNS/c1-4-17-14(15(3)8-5-9-18-15)12-10-11(2)6-7-13(12)16/h6-7,10,14,17H,4-5,8-9H2,1-3H3. The van der Waals surface area contributed by atoms with Gasteiger partial charge in [-0.25, -0.2) is 4.39 Å². The van der Waals surface area contributed by atoms with Gasteiger partial charge >= 0.3 is 0 Å². The van der Waals surface area contributed by atoms with Crippen molar-refractivity contribution in [3.63, 3.8) is 0 Å². The highest BCUT2D eigenvalue weighted by Crippen LogP contribution is 2.47. The summed E-state index contributed by atoms with van der Waals surface area (Å²) in [6, 6.07) is 5.53. The summed E-state index contributed by atoms with van der Waals surface area (Å²) < 4.78 is 14.2. The molecule has 0 radical (unpaired) electrons. The summed E-state index contributed by atoms with van der Waals surface area (Å²) in [5.74, 6) is 1.10. The van der Waals surface area contributed by atoms with E-state index in [1.165, 1.54) is 12.2 Å². The lowest BCUT2D eigenvalue weighted by Gasteiger charge is -2.34. The molecule has 18 heavy (non-hydrogen) atoms. The SMILES string of the molecule is CCNC(c1cc(C)ccc1F)C1(C)CCCS1. The minimum atomic E-state index is -0.0831. The van der Waals surface area contributed by atoms with Gasteiger partial charge in [0.2, 0.25) is 0 Å². The molecule has 2 rings (SSSR count). The van der Waals surface area contributed by atoms with E-state index in [2.05, 4.69) is 19.2 Å². The average Bonchev–Trinajstić information content (AvgIpc) is 2.77. The molecule has 2 unspecified atom stereocenters. The summed E-state index contributed by atoms with van der Waals surface area (Å²) in [5.41, 5.74) is 1.95. The number of aryl methyl sites for hydroxylation is 1. The Bertz CT molecular complexity index is 413. The fourth-order valence-corrected chi connectivity index (χ4v) is 4.19. The van der Waals surface area contributed by atoms with Gasteiger partial charge in [0.1, 0.15) is 5.82 Å². The van der Waals surface area contributed by atoms with E-state index >= 15 is 0 Å². The first kappa shape index (κ1) is 13.9. The molecule has 1 saturated heterocycles. The maximum absolute atomic E-state index is 14.1. The summed E-state index contributed by atoms with van der Waals surface area (Å²) in [4.78, 5) is 0. The Morgan fingerprint density at radius 1 is 1.50 bits per heavy atom. The fourth-order valence-electron chi connectivity index (χ4n) is 2.77. The fraction of sp³-hybridized carbons (Fsp3) is 0.600. The Hall–Kier alpha value is -0.540. The zero-order valence-corrected chi connectivity index (χ0v) is 12.2. The van der Waals surface area contributed by atoms with Gasteiger partial charge in [0, 0.05) is 16.4 Å². The number of thioether (sulfide) groups is 1. The highest BCUT2D eigenvalue weighted by atomic mass is 32.2. The van der Waals surface area contributed by atoms with Crippen LogP contribution in [0.1, 0.15) is 43.9 Å². The molecule has 1 heterocycles. The topological polar surface area (TPSA) is 12.0 Å². The molecule has 1 N–H and O–H groups in total. The van der Waals surface area contributed by atoms with Gasteiger partial charge in [-0.3, -0.25) is 0 Å². The first-order valence-electron chi connectivity index (χ1n) is 6.70. The van der Waals surface area contributed by atoms with Crippen LogP contribution in [-0.4, -0.2) is 17.0 Å². The van der Waals surface area contributed by atoms with E-state index in [4.69, 9.17) is 0 Å². The van der Waals surface area contributed by atoms with E-state index in [-0.39, 0.29) is 16.6 Å². The van der Waals surface area contributed by atoms with Crippen molar-refractivity contribution in [2.24, 2.45) is 0 Å². The van der Waals surface area contributed by atoms with Crippen LogP contribution in [0.3, 0.4) is 0 Å². The quantitative estimate of drug-likeness (QED) is 0.882. The van der Waals surface area contributed by atoms with Gasteiger partial charge in [-0.15, -0.1) is 0 Å². The first-order valence-corrected chi connectivity index (χ1v) is 7.69. The molecule has 0 saturated carbocycles. The lowest BCUT2D eigenvalue weighted by molar-refractivity contribution is 0.406. The van der Waals surface area contributed by atoms with E-state index in [1.807, 2.05) is 30.8 Å². The number of rotatable bonds is 4. The Morgan fingerprint density at radius 3 is 2.89 bits per heavy atom. The minimum absolute atomic E-state index is 0.0831. The smallest absolute Gasteiger partial charge is 0.128 e. The van der Waals surface area contributed by atoms with Gasteiger partial charge < -0.3 is 5.32 Å². The predicted molar refractivity (Wildman–Crippen MR) is 77.7 cm³/mol. The highest BCUT2D eigenvalue weighted by molar-refractivity contribution is 8.00. The molecule has 1 nitrogen and oxygen atoms in total. The second kappa shape index (κ2) is 5.62. The van der Waals surface area contributed by atoms with Crippen LogP contribution in [-0.2, 0) is 0 Å². The Kier molecular flexibility index (Phi) is 4.33. The lowest BCUT2D eigenvalue weighted by atomic mass is 9.89. The van der Waals surface area contributed by atoms with E-state index in [1.54, 1.807) is 6.07 Å². The molecular formula is C15H22FNS. The number of benzene rings is 1. The van der Waals surface area contributed by atoms with Gasteiger partial charge in [0.05, 0.1) is 0 Å². The molecule has 0 spiro atoms. The largest absolute Gasteiger partial charge is 0.309 e. The maximum Gasteiger partial charge on any atom is 0.128 e. The molecule has 1 fully saturated rings. The van der Waals surface area contributed by atoms with Gasteiger partial charge in [0.25, 0.3) is 0 Å². The molecule has 0 bridgehead atoms. The Morgan fingerprint density at radius 2 is 2.28 bits per heavy atom. The number of hydrogen-bond donors (Lipinski definition) is 1. The van der Waals surface area contributed by atoms with Crippen LogP contribution in [0, 0.1) is 12.7 Å². The molecule has 1 aromatic rings. The van der Waals surface area contributed by atoms with Crippen LogP contribution in [0.5, 0.6) is 0 Å². The van der Waals surface area contributed by atoms with Crippen LogP contribution < -0.4 is 5.32 Å². The lowest BCUT2D eigenvalue weighted by Crippen LogP contribution is -2.38. The third kappa shape index (κ3) is 2.72. The maximum atomic E-state index is 14.1. The number of halogens is 1. The van der Waals surface area contributed by atoms with Crippen molar-refractivity contribution in [3.8, 4) is 0 Å². The molecule has 1 aliphatic heterocycles. The van der Waals surface area contributed by atoms with E-state index in [0.29, 0.717) is 0 Å². The van der Waals surface area contributed by atoms with Gasteiger partial charge in [0.15, 0.2) is 0 Å². The second-order valence-electron chi connectivity index (χ2n) is 5.28. The first-order chi connectivity index (χ1) is 8.57. The summed E-state index contributed by atoms with van der Waals surface area (Å²) in [6.07, 6.45) is 2.39. The molecular weight excluding hydrogens is 245 g/mol. The van der Waals surface area contributed by atoms with Crippen molar-refractivity contribution in [2.75, 3.05) is 12.3 Å². The van der Waals surface area contributed by atoms with E-state index in [0.717, 1.165) is 24.1 Å². The van der Waals surface area contributed by atoms with Crippen LogP contribution in [0.4, 0.5) is 4.39 Å². The van der Waals surface area contributed by atoms with Crippen molar-refractivity contribution in [3.05, 3.63) is 35.1 Å². The molecule has 2 atom stereocenters. The number of hydrogen-bond acceptors (Lipinski definition) is 2. The van der Waals surface area contributed by atoms with Crippen LogP contribution in [0.25, 0.3) is 0 Å². The molecule has 1 aromatic carbocycles. The van der Waals surface area contributed by atoms with Gasteiger partial charge in [-0.2, -0.15) is 11.8 Å². The van der Waals surface area contributed by atoms with Crippen LogP contribution in [0.15, 0.2) is 18.2 Å². The van der Waals surface area contributed by atoms with Crippen molar-refractivity contribution in [1.29, 1.82) is 0 Å². The summed E-state index contributed by atoms with van der Waals surface area (Å²) in [7, 11) is 0. The van der Waals surface area contributed by atoms with E-state index in [9.17, 15) is 4.39 Å². The minimum Gasteiger partial charge on any atom is -0.309 e. The third-order valence-corrected chi connectivity index (χ3v) is 5.32. The van der Waals surface area contributed by atoms with Crippen molar-refractivity contribution in [2.45, 2.75) is 44.4 Å². The van der Waals surface area contributed by atoms with E-state index < -0.39 is 0 Å². The molecule has 1 aliphatic rings.